The highest BCUT2D eigenvalue weighted by atomic mass is 35.5. The van der Waals surface area contributed by atoms with Gasteiger partial charge in [0.15, 0.2) is 0 Å². The summed E-state index contributed by atoms with van der Waals surface area (Å²) < 4.78 is 0. The highest BCUT2D eigenvalue weighted by molar-refractivity contribution is 6.06. The minimum atomic E-state index is -0.765. The molecule has 2 aliphatic heterocycles. The van der Waals surface area contributed by atoms with Gasteiger partial charge in [-0.3, -0.25) is 14.6 Å². The van der Waals surface area contributed by atoms with Crippen molar-refractivity contribution in [2.75, 3.05) is 26.2 Å². The van der Waals surface area contributed by atoms with Crippen molar-refractivity contribution in [2.45, 2.75) is 31.8 Å². The van der Waals surface area contributed by atoms with E-state index in [9.17, 15) is 9.59 Å². The van der Waals surface area contributed by atoms with Crippen LogP contribution in [0.2, 0.25) is 0 Å². The standard InChI is InChI=1S/C11H20N4O2.ClH/c1-11(2)9(16)15(10(17)13-11)6-5-14-4-3-8(12)7-14;/h8H,3-7,12H2,1-2H3,(H,13,17);1H/t8-;/m1./s1. The molecule has 2 rings (SSSR count). The van der Waals surface area contributed by atoms with E-state index < -0.39 is 5.54 Å². The number of hydrogen-bond donors (Lipinski definition) is 2. The number of amides is 3. The van der Waals surface area contributed by atoms with Crippen molar-refractivity contribution in [3.05, 3.63) is 0 Å². The van der Waals surface area contributed by atoms with Crippen molar-refractivity contribution in [2.24, 2.45) is 5.73 Å². The second kappa shape index (κ2) is 5.42. The van der Waals surface area contributed by atoms with Crippen LogP contribution in [-0.2, 0) is 4.79 Å². The van der Waals surface area contributed by atoms with Crippen molar-refractivity contribution < 1.29 is 9.59 Å². The molecule has 0 aliphatic carbocycles. The number of carbonyl (C=O) groups is 2. The minimum absolute atomic E-state index is 0. The van der Waals surface area contributed by atoms with Gasteiger partial charge in [0, 0.05) is 25.7 Å². The van der Waals surface area contributed by atoms with Crippen LogP contribution in [-0.4, -0.2) is 59.5 Å². The molecule has 1 atom stereocenters. The topological polar surface area (TPSA) is 78.7 Å². The van der Waals surface area contributed by atoms with Gasteiger partial charge in [0.2, 0.25) is 0 Å². The van der Waals surface area contributed by atoms with Crippen LogP contribution in [0.1, 0.15) is 20.3 Å². The number of rotatable bonds is 3. The SMILES string of the molecule is CC1(C)NC(=O)N(CCN2CC[C@@H](N)C2)C1=O.Cl. The van der Waals surface area contributed by atoms with Gasteiger partial charge in [0.1, 0.15) is 5.54 Å². The zero-order chi connectivity index (χ0) is 12.6. The Hall–Kier alpha value is -0.850. The maximum atomic E-state index is 11.9. The van der Waals surface area contributed by atoms with E-state index in [0.29, 0.717) is 13.1 Å². The molecule has 3 N–H and O–H groups in total. The number of hydrogen-bond acceptors (Lipinski definition) is 4. The van der Waals surface area contributed by atoms with E-state index in [1.54, 1.807) is 13.8 Å². The summed E-state index contributed by atoms with van der Waals surface area (Å²) in [6.45, 7) is 6.41. The van der Waals surface area contributed by atoms with Crippen LogP contribution in [0.25, 0.3) is 0 Å². The molecule has 0 aromatic heterocycles. The van der Waals surface area contributed by atoms with Crippen molar-refractivity contribution >= 4 is 24.3 Å². The summed E-state index contributed by atoms with van der Waals surface area (Å²) in [5.74, 6) is -0.147. The molecule has 6 nitrogen and oxygen atoms in total. The average molecular weight is 277 g/mol. The van der Waals surface area contributed by atoms with Gasteiger partial charge in [-0.15, -0.1) is 12.4 Å². The van der Waals surface area contributed by atoms with Crippen LogP contribution in [0, 0.1) is 0 Å². The summed E-state index contributed by atoms with van der Waals surface area (Å²) in [6, 6.07) is -0.0574. The molecule has 2 heterocycles. The van der Waals surface area contributed by atoms with E-state index in [0.717, 1.165) is 19.5 Å². The summed E-state index contributed by atoms with van der Waals surface area (Å²) in [5.41, 5.74) is 5.04. The third-order valence-corrected chi connectivity index (χ3v) is 3.39. The molecule has 0 bridgehead atoms. The maximum Gasteiger partial charge on any atom is 0.325 e. The largest absolute Gasteiger partial charge is 0.326 e. The lowest BCUT2D eigenvalue weighted by Crippen LogP contribution is -2.41. The summed E-state index contributed by atoms with van der Waals surface area (Å²) in [5, 5.41) is 2.67. The zero-order valence-corrected chi connectivity index (χ0v) is 11.6. The summed E-state index contributed by atoms with van der Waals surface area (Å²) >= 11 is 0. The van der Waals surface area contributed by atoms with Gasteiger partial charge in [-0.05, 0) is 26.8 Å². The number of nitrogens with one attached hydrogen (secondary N) is 1. The Bertz CT molecular complexity index is 348. The quantitative estimate of drug-likeness (QED) is 0.698. The first kappa shape index (κ1) is 15.2. The van der Waals surface area contributed by atoms with Gasteiger partial charge in [-0.1, -0.05) is 0 Å². The monoisotopic (exact) mass is 276 g/mol. The van der Waals surface area contributed by atoms with E-state index >= 15 is 0 Å². The Morgan fingerprint density at radius 3 is 2.50 bits per heavy atom. The number of imide groups is 1. The second-order valence-electron chi connectivity index (χ2n) is 5.36. The number of halogens is 1. The Balaban J connectivity index is 0.00000162. The molecular formula is C11H21ClN4O2. The van der Waals surface area contributed by atoms with Crippen molar-refractivity contribution in [1.29, 1.82) is 0 Å². The lowest BCUT2D eigenvalue weighted by atomic mass is 10.1. The lowest BCUT2D eigenvalue weighted by Gasteiger charge is -2.20. The predicted octanol–water partition coefficient (Wildman–Crippen LogP) is -0.228. The number of carbonyl (C=O) groups excluding carboxylic acids is 2. The molecule has 104 valence electrons. The Morgan fingerprint density at radius 2 is 2.06 bits per heavy atom. The molecule has 2 fully saturated rings. The molecule has 0 spiro atoms. The summed E-state index contributed by atoms with van der Waals surface area (Å²) in [4.78, 5) is 27.0. The van der Waals surface area contributed by atoms with Crippen LogP contribution >= 0.6 is 12.4 Å². The molecule has 7 heteroatoms. The van der Waals surface area contributed by atoms with Gasteiger partial charge < -0.3 is 11.1 Å². The van der Waals surface area contributed by atoms with Crippen molar-refractivity contribution in [3.63, 3.8) is 0 Å². The van der Waals surface area contributed by atoms with Crippen LogP contribution in [0.3, 0.4) is 0 Å². The molecule has 0 unspecified atom stereocenters. The molecule has 2 aliphatic rings. The fraction of sp³-hybridized carbons (Fsp3) is 0.818. The van der Waals surface area contributed by atoms with E-state index in [2.05, 4.69) is 10.2 Å². The molecular weight excluding hydrogens is 256 g/mol. The lowest BCUT2D eigenvalue weighted by molar-refractivity contribution is -0.130. The van der Waals surface area contributed by atoms with Crippen LogP contribution in [0.15, 0.2) is 0 Å². The highest BCUT2D eigenvalue weighted by Gasteiger charge is 2.44. The number of likely N-dealkylation sites (tertiary alicyclic amines) is 1. The van der Waals surface area contributed by atoms with Gasteiger partial charge in [0.25, 0.3) is 5.91 Å². The van der Waals surface area contributed by atoms with Gasteiger partial charge >= 0.3 is 6.03 Å². The second-order valence-corrected chi connectivity index (χ2v) is 5.36. The first-order valence-corrected chi connectivity index (χ1v) is 6.02. The smallest absolute Gasteiger partial charge is 0.325 e. The normalized spacial score (nSPS) is 27.3. The minimum Gasteiger partial charge on any atom is -0.326 e. The Morgan fingerprint density at radius 1 is 1.39 bits per heavy atom. The third kappa shape index (κ3) is 2.93. The molecule has 0 aromatic carbocycles. The van der Waals surface area contributed by atoms with Crippen LogP contribution in [0.4, 0.5) is 4.79 Å². The average Bonchev–Trinajstić information content (AvgIpc) is 2.70. The maximum absolute atomic E-state index is 11.9. The van der Waals surface area contributed by atoms with E-state index in [-0.39, 0.29) is 30.4 Å². The number of nitrogens with two attached hydrogens (primary N) is 1. The molecule has 2 saturated heterocycles. The van der Waals surface area contributed by atoms with E-state index in [1.165, 1.54) is 4.90 Å². The van der Waals surface area contributed by atoms with Crippen LogP contribution in [0.5, 0.6) is 0 Å². The zero-order valence-electron chi connectivity index (χ0n) is 10.8. The predicted molar refractivity (Wildman–Crippen MR) is 70.6 cm³/mol. The fourth-order valence-corrected chi connectivity index (χ4v) is 2.33. The molecule has 0 radical (unpaired) electrons. The van der Waals surface area contributed by atoms with E-state index in [1.807, 2.05) is 0 Å². The summed E-state index contributed by atoms with van der Waals surface area (Å²) in [7, 11) is 0. The molecule has 3 amide bonds. The number of nitrogens with zero attached hydrogens (tertiary/aromatic N) is 2. The van der Waals surface area contributed by atoms with E-state index in [4.69, 9.17) is 5.73 Å². The van der Waals surface area contributed by atoms with Crippen LogP contribution < -0.4 is 11.1 Å². The van der Waals surface area contributed by atoms with Crippen molar-refractivity contribution in [3.8, 4) is 0 Å². The summed E-state index contributed by atoms with van der Waals surface area (Å²) in [6.07, 6.45) is 0.992. The van der Waals surface area contributed by atoms with Gasteiger partial charge in [-0.2, -0.15) is 0 Å². The van der Waals surface area contributed by atoms with Gasteiger partial charge in [0.05, 0.1) is 0 Å². The van der Waals surface area contributed by atoms with Crippen molar-refractivity contribution in [1.82, 2.24) is 15.1 Å². The Labute approximate surface area is 113 Å². The molecule has 18 heavy (non-hydrogen) atoms. The first-order valence-electron chi connectivity index (χ1n) is 6.02. The Kier molecular flexibility index (Phi) is 4.58. The molecule has 0 aromatic rings. The fourth-order valence-electron chi connectivity index (χ4n) is 2.33. The first-order chi connectivity index (χ1) is 7.90. The third-order valence-electron chi connectivity index (χ3n) is 3.39. The highest BCUT2D eigenvalue weighted by Crippen LogP contribution is 2.16. The number of urea groups is 1. The van der Waals surface area contributed by atoms with Gasteiger partial charge in [-0.25, -0.2) is 4.79 Å². The molecule has 0 saturated carbocycles.